The quantitative estimate of drug-likeness (QED) is 0.382. The van der Waals surface area contributed by atoms with Crippen molar-refractivity contribution in [2.75, 3.05) is 19.5 Å². The van der Waals surface area contributed by atoms with Crippen LogP contribution in [0.5, 0.6) is 0 Å². The minimum absolute atomic E-state index is 0.215. The number of aryl methyl sites for hydroxylation is 1. The van der Waals surface area contributed by atoms with Crippen molar-refractivity contribution >= 4 is 22.8 Å². The number of hydrogen-bond donors (Lipinski definition) is 0. The minimum atomic E-state index is -0.487. The Hall–Kier alpha value is -2.52. The molecule has 0 radical (unpaired) electrons. The van der Waals surface area contributed by atoms with Gasteiger partial charge in [-0.05, 0) is 12.1 Å². The van der Waals surface area contributed by atoms with Crippen LogP contribution >= 0.6 is 11.8 Å². The van der Waals surface area contributed by atoms with Gasteiger partial charge in [0.1, 0.15) is 16.2 Å². The van der Waals surface area contributed by atoms with Gasteiger partial charge in [-0.2, -0.15) is 0 Å². The summed E-state index contributed by atoms with van der Waals surface area (Å²) in [6, 6.07) is 5.86. The van der Waals surface area contributed by atoms with Gasteiger partial charge in [-0.1, -0.05) is 12.1 Å². The van der Waals surface area contributed by atoms with Crippen molar-refractivity contribution in [1.29, 1.82) is 0 Å². The number of ether oxygens (including phenoxy) is 1. The normalized spacial score (nSPS) is 11.2. The molecular formula is C17H17FN4O3S. The molecule has 0 bridgehead atoms. The number of halogens is 1. The Balaban J connectivity index is 2.32. The zero-order valence-corrected chi connectivity index (χ0v) is 15.3. The molecule has 0 aliphatic heterocycles. The van der Waals surface area contributed by atoms with Crippen LogP contribution in [0.15, 0.2) is 38.9 Å². The number of nitrogens with zero attached hydrogens (tertiary/aromatic N) is 4. The molecule has 1 aromatic carbocycles. The molecule has 0 atom stereocenters. The fourth-order valence-electron chi connectivity index (χ4n) is 2.51. The van der Waals surface area contributed by atoms with E-state index in [1.165, 1.54) is 42.6 Å². The third-order valence-corrected chi connectivity index (χ3v) is 4.82. The monoisotopic (exact) mass is 376 g/mol. The summed E-state index contributed by atoms with van der Waals surface area (Å²) in [4.78, 5) is 33.7. The molecule has 9 heteroatoms. The van der Waals surface area contributed by atoms with E-state index in [0.717, 1.165) is 4.57 Å². The summed E-state index contributed by atoms with van der Waals surface area (Å²) in [6.45, 7) is 0.470. The average molecular weight is 376 g/mol. The maximum atomic E-state index is 13.6. The Morgan fingerprint density at radius 2 is 1.96 bits per heavy atom. The van der Waals surface area contributed by atoms with E-state index in [4.69, 9.17) is 4.74 Å². The fraction of sp³-hybridized carbons (Fsp3) is 0.294. The fourth-order valence-corrected chi connectivity index (χ4v) is 3.43. The molecule has 7 nitrogen and oxygen atoms in total. The Morgan fingerprint density at radius 3 is 2.65 bits per heavy atom. The lowest BCUT2D eigenvalue weighted by Gasteiger charge is -2.12. The largest absolute Gasteiger partial charge is 0.384 e. The number of fused-ring (bicyclic) bond motifs is 1. The van der Waals surface area contributed by atoms with E-state index in [2.05, 4.69) is 9.97 Å². The first-order chi connectivity index (χ1) is 12.4. The first kappa shape index (κ1) is 18.3. The van der Waals surface area contributed by atoms with Gasteiger partial charge < -0.3 is 4.74 Å². The van der Waals surface area contributed by atoms with Crippen LogP contribution in [0.3, 0.4) is 0 Å². The summed E-state index contributed by atoms with van der Waals surface area (Å²) in [7, 11) is 4.53. The molecule has 26 heavy (non-hydrogen) atoms. The van der Waals surface area contributed by atoms with Crippen molar-refractivity contribution < 1.29 is 9.13 Å². The Bertz CT molecular complexity index is 1090. The van der Waals surface area contributed by atoms with Crippen LogP contribution in [0.4, 0.5) is 4.39 Å². The molecule has 0 saturated heterocycles. The number of benzene rings is 1. The van der Waals surface area contributed by atoms with Gasteiger partial charge in [0.15, 0.2) is 11.5 Å². The summed E-state index contributed by atoms with van der Waals surface area (Å²) in [6.07, 6.45) is 0. The second-order valence-electron chi connectivity index (χ2n) is 5.61. The van der Waals surface area contributed by atoms with E-state index in [1.807, 2.05) is 0 Å². The van der Waals surface area contributed by atoms with Crippen molar-refractivity contribution in [1.82, 2.24) is 19.1 Å². The molecule has 0 spiro atoms. The number of aromatic nitrogens is 4. The van der Waals surface area contributed by atoms with Crippen molar-refractivity contribution in [3.8, 4) is 11.4 Å². The lowest BCUT2D eigenvalue weighted by atomic mass is 10.2. The zero-order valence-electron chi connectivity index (χ0n) is 14.5. The zero-order chi connectivity index (χ0) is 18.8. The SMILES string of the molecule is COCCSc1nc(-c2cccc(F)c2)nc2c1c(=O)n(C)c(=O)n2C. The maximum absolute atomic E-state index is 13.6. The van der Waals surface area contributed by atoms with Crippen LogP contribution in [-0.4, -0.2) is 38.6 Å². The van der Waals surface area contributed by atoms with E-state index in [9.17, 15) is 14.0 Å². The van der Waals surface area contributed by atoms with Gasteiger partial charge in [0.2, 0.25) is 0 Å². The van der Waals surface area contributed by atoms with Crippen LogP contribution in [0, 0.1) is 5.82 Å². The number of hydrogen-bond acceptors (Lipinski definition) is 6. The van der Waals surface area contributed by atoms with Gasteiger partial charge in [0.25, 0.3) is 5.56 Å². The Morgan fingerprint density at radius 1 is 1.19 bits per heavy atom. The number of thioether (sulfide) groups is 1. The lowest BCUT2D eigenvalue weighted by Crippen LogP contribution is -2.37. The first-order valence-electron chi connectivity index (χ1n) is 7.79. The molecule has 0 fully saturated rings. The standard InChI is InChI=1S/C17H17FN4O3S/c1-21-14-12(16(23)22(2)17(21)24)15(26-8-7-25-3)20-13(19-14)10-5-4-6-11(18)9-10/h4-6,9H,7-8H2,1-3H3. The van der Waals surface area contributed by atoms with E-state index < -0.39 is 17.1 Å². The van der Waals surface area contributed by atoms with Crippen LogP contribution in [0.2, 0.25) is 0 Å². The van der Waals surface area contributed by atoms with Gasteiger partial charge in [0.05, 0.1) is 6.61 Å². The molecular weight excluding hydrogens is 359 g/mol. The summed E-state index contributed by atoms with van der Waals surface area (Å²) in [5.41, 5.74) is -0.270. The van der Waals surface area contributed by atoms with Gasteiger partial charge in [-0.15, -0.1) is 11.8 Å². The van der Waals surface area contributed by atoms with Crippen molar-refractivity contribution in [2.24, 2.45) is 14.1 Å². The highest BCUT2D eigenvalue weighted by Gasteiger charge is 2.18. The highest BCUT2D eigenvalue weighted by Crippen LogP contribution is 2.26. The van der Waals surface area contributed by atoms with E-state index in [0.29, 0.717) is 22.9 Å². The highest BCUT2D eigenvalue weighted by molar-refractivity contribution is 7.99. The van der Waals surface area contributed by atoms with Crippen molar-refractivity contribution in [3.05, 3.63) is 50.9 Å². The molecule has 2 heterocycles. The minimum Gasteiger partial charge on any atom is -0.384 e. The Kier molecular flexibility index (Phi) is 5.19. The molecule has 0 N–H and O–H groups in total. The van der Waals surface area contributed by atoms with Gasteiger partial charge in [-0.3, -0.25) is 13.9 Å². The summed E-state index contributed by atoms with van der Waals surface area (Å²) in [5.74, 6) is 0.398. The molecule has 3 aromatic rings. The molecule has 3 rings (SSSR count). The van der Waals surface area contributed by atoms with Crippen LogP contribution in [-0.2, 0) is 18.8 Å². The van der Waals surface area contributed by atoms with Gasteiger partial charge in [-0.25, -0.2) is 19.2 Å². The van der Waals surface area contributed by atoms with E-state index >= 15 is 0 Å². The van der Waals surface area contributed by atoms with Gasteiger partial charge in [0, 0.05) is 32.5 Å². The molecule has 0 saturated carbocycles. The van der Waals surface area contributed by atoms with Crippen LogP contribution in [0.25, 0.3) is 22.4 Å². The lowest BCUT2D eigenvalue weighted by molar-refractivity contribution is 0.218. The first-order valence-corrected chi connectivity index (χ1v) is 8.78. The topological polar surface area (TPSA) is 79.0 Å². The maximum Gasteiger partial charge on any atom is 0.332 e. The average Bonchev–Trinajstić information content (AvgIpc) is 2.64. The van der Waals surface area contributed by atoms with Crippen LogP contribution < -0.4 is 11.2 Å². The smallest absolute Gasteiger partial charge is 0.332 e. The van der Waals surface area contributed by atoms with Crippen molar-refractivity contribution in [2.45, 2.75) is 5.03 Å². The van der Waals surface area contributed by atoms with Crippen LogP contribution in [0.1, 0.15) is 0 Å². The Labute approximate surface area is 152 Å². The predicted octanol–water partition coefficient (Wildman–Crippen LogP) is 1.57. The van der Waals surface area contributed by atoms with Gasteiger partial charge >= 0.3 is 5.69 Å². The number of rotatable bonds is 5. The summed E-state index contributed by atoms with van der Waals surface area (Å²) in [5, 5.41) is 0.693. The summed E-state index contributed by atoms with van der Waals surface area (Å²) < 4.78 is 21.0. The second kappa shape index (κ2) is 7.38. The number of methoxy groups -OCH3 is 1. The third-order valence-electron chi connectivity index (χ3n) is 3.88. The molecule has 2 aromatic heterocycles. The molecule has 136 valence electrons. The molecule has 0 unspecified atom stereocenters. The van der Waals surface area contributed by atoms with Crippen molar-refractivity contribution in [3.63, 3.8) is 0 Å². The van der Waals surface area contributed by atoms with E-state index in [-0.39, 0.29) is 16.9 Å². The molecule has 0 amide bonds. The third kappa shape index (κ3) is 3.27. The summed E-state index contributed by atoms with van der Waals surface area (Å²) >= 11 is 1.33. The molecule has 0 aliphatic rings. The molecule has 0 aliphatic carbocycles. The van der Waals surface area contributed by atoms with E-state index in [1.54, 1.807) is 19.2 Å². The highest BCUT2D eigenvalue weighted by atomic mass is 32.2. The second-order valence-corrected chi connectivity index (χ2v) is 6.69. The predicted molar refractivity (Wildman–Crippen MR) is 98.0 cm³/mol.